The lowest BCUT2D eigenvalue weighted by molar-refractivity contribution is -0.121. The Labute approximate surface area is 148 Å². The summed E-state index contributed by atoms with van der Waals surface area (Å²) in [6.45, 7) is 0. The van der Waals surface area contributed by atoms with Crippen molar-refractivity contribution < 1.29 is 4.79 Å². The summed E-state index contributed by atoms with van der Waals surface area (Å²) in [5.74, 6) is 0.164. The van der Waals surface area contributed by atoms with Crippen LogP contribution in [0.4, 0.5) is 0 Å². The van der Waals surface area contributed by atoms with Crippen LogP contribution in [-0.4, -0.2) is 16.5 Å². The van der Waals surface area contributed by atoms with Crippen LogP contribution >= 0.6 is 0 Å². The monoisotopic (exact) mass is 332 g/mol. The number of benzene rings is 2. The maximum atomic E-state index is 12.3. The molecule has 1 unspecified atom stereocenters. The van der Waals surface area contributed by atoms with Crippen molar-refractivity contribution in [3.05, 3.63) is 71.4 Å². The van der Waals surface area contributed by atoms with E-state index in [9.17, 15) is 4.79 Å². The maximum Gasteiger partial charge on any atom is 0.220 e. The van der Waals surface area contributed by atoms with Crippen molar-refractivity contribution in [3.8, 4) is 0 Å². The zero-order chi connectivity index (χ0) is 17.2. The third kappa shape index (κ3) is 3.19. The first-order valence-corrected chi connectivity index (χ1v) is 9.11. The molecule has 3 nitrogen and oxygen atoms in total. The number of para-hydroxylation sites is 1. The lowest BCUT2D eigenvalue weighted by Crippen LogP contribution is -2.39. The Hall–Kier alpha value is -2.55. The molecule has 3 heteroatoms. The Bertz CT molecular complexity index is 895. The van der Waals surface area contributed by atoms with Crippen LogP contribution in [0.15, 0.2) is 54.6 Å². The highest BCUT2D eigenvalue weighted by Gasteiger charge is 2.25. The maximum absolute atomic E-state index is 12.3. The zero-order valence-corrected chi connectivity index (χ0v) is 14.7. The second-order valence-electron chi connectivity index (χ2n) is 6.99. The average molecular weight is 332 g/mol. The number of aromatic nitrogens is 1. The number of rotatable bonds is 4. The predicted octanol–water partition coefficient (Wildman–Crippen LogP) is 3.78. The quantitative estimate of drug-likeness (QED) is 0.775. The van der Waals surface area contributed by atoms with Gasteiger partial charge in [-0.05, 0) is 42.9 Å². The number of nitrogens with one attached hydrogen (secondary N) is 1. The van der Waals surface area contributed by atoms with Crippen molar-refractivity contribution >= 4 is 16.8 Å². The molecule has 1 atom stereocenters. The fraction of sp³-hybridized carbons (Fsp3) is 0.318. The van der Waals surface area contributed by atoms with Crippen LogP contribution in [0.25, 0.3) is 10.9 Å². The van der Waals surface area contributed by atoms with Gasteiger partial charge in [0.2, 0.25) is 5.91 Å². The number of carbonyl (C=O) groups is 1. The molecule has 1 aliphatic carbocycles. The first kappa shape index (κ1) is 15.9. The highest BCUT2D eigenvalue weighted by molar-refractivity contribution is 5.86. The number of hydrogen-bond donors (Lipinski definition) is 1. The molecule has 128 valence electrons. The van der Waals surface area contributed by atoms with Crippen LogP contribution in [0.2, 0.25) is 0 Å². The minimum atomic E-state index is 0.164. The summed E-state index contributed by atoms with van der Waals surface area (Å²) in [4.78, 5) is 12.3. The van der Waals surface area contributed by atoms with Crippen molar-refractivity contribution in [2.24, 2.45) is 7.05 Å². The van der Waals surface area contributed by atoms with Gasteiger partial charge in [-0.25, -0.2) is 0 Å². The average Bonchev–Trinajstić information content (AvgIpc) is 2.93. The normalized spacial score (nSPS) is 16.6. The fourth-order valence-electron chi connectivity index (χ4n) is 4.06. The van der Waals surface area contributed by atoms with E-state index in [4.69, 9.17) is 0 Å². The Balaban J connectivity index is 1.42. The van der Waals surface area contributed by atoms with Crippen molar-refractivity contribution in [2.45, 2.75) is 38.1 Å². The van der Waals surface area contributed by atoms with Crippen molar-refractivity contribution in [1.82, 2.24) is 9.88 Å². The Morgan fingerprint density at radius 3 is 2.72 bits per heavy atom. The molecule has 0 fully saturated rings. The van der Waals surface area contributed by atoms with E-state index in [1.807, 2.05) is 18.2 Å². The van der Waals surface area contributed by atoms with Gasteiger partial charge in [0.1, 0.15) is 0 Å². The number of fused-ring (bicyclic) bond motifs is 3. The summed E-state index contributed by atoms with van der Waals surface area (Å²) in [6.07, 6.45) is 4.36. The smallest absolute Gasteiger partial charge is 0.220 e. The minimum absolute atomic E-state index is 0.164. The van der Waals surface area contributed by atoms with E-state index < -0.39 is 0 Å². The Morgan fingerprint density at radius 2 is 1.88 bits per heavy atom. The standard InChI is InChI=1S/C22H24N2O/c1-24-20-10-6-5-9-18(20)19-15-17(12-13-21(19)24)23-22(25)14-11-16-7-3-2-4-8-16/h2-10,17H,11-15H2,1H3,(H,23,25). The van der Waals surface area contributed by atoms with Gasteiger partial charge in [0.15, 0.2) is 0 Å². The van der Waals surface area contributed by atoms with Crippen LogP contribution in [0.1, 0.15) is 29.7 Å². The van der Waals surface area contributed by atoms with Gasteiger partial charge in [0.25, 0.3) is 0 Å². The van der Waals surface area contributed by atoms with Gasteiger partial charge in [-0.15, -0.1) is 0 Å². The van der Waals surface area contributed by atoms with Gasteiger partial charge < -0.3 is 9.88 Å². The molecule has 0 aliphatic heterocycles. The Morgan fingerprint density at radius 1 is 1.12 bits per heavy atom. The second kappa shape index (κ2) is 6.75. The van der Waals surface area contributed by atoms with E-state index in [2.05, 4.69) is 53.3 Å². The number of carbonyl (C=O) groups excluding carboxylic acids is 1. The van der Waals surface area contributed by atoms with E-state index in [-0.39, 0.29) is 11.9 Å². The topological polar surface area (TPSA) is 34.0 Å². The number of hydrogen-bond acceptors (Lipinski definition) is 1. The van der Waals surface area contributed by atoms with Crippen LogP contribution in [0.3, 0.4) is 0 Å². The highest BCUT2D eigenvalue weighted by atomic mass is 16.1. The van der Waals surface area contributed by atoms with Crippen LogP contribution in [0, 0.1) is 0 Å². The molecule has 4 rings (SSSR count). The molecular weight excluding hydrogens is 308 g/mol. The molecule has 0 bridgehead atoms. The molecule has 3 aromatic rings. The lowest BCUT2D eigenvalue weighted by atomic mass is 9.91. The highest BCUT2D eigenvalue weighted by Crippen LogP contribution is 2.31. The summed E-state index contributed by atoms with van der Waals surface area (Å²) in [6, 6.07) is 19.0. The Kier molecular flexibility index (Phi) is 4.31. The second-order valence-corrected chi connectivity index (χ2v) is 6.99. The van der Waals surface area contributed by atoms with Crippen molar-refractivity contribution in [2.75, 3.05) is 0 Å². The molecule has 2 aromatic carbocycles. The number of nitrogens with zero attached hydrogens (tertiary/aromatic N) is 1. The third-order valence-corrected chi connectivity index (χ3v) is 5.37. The molecule has 1 aromatic heterocycles. The minimum Gasteiger partial charge on any atom is -0.353 e. The first-order valence-electron chi connectivity index (χ1n) is 9.11. The number of aryl methyl sites for hydroxylation is 2. The summed E-state index contributed by atoms with van der Waals surface area (Å²) in [7, 11) is 2.15. The summed E-state index contributed by atoms with van der Waals surface area (Å²) < 4.78 is 2.32. The van der Waals surface area contributed by atoms with Crippen LogP contribution < -0.4 is 5.32 Å². The summed E-state index contributed by atoms with van der Waals surface area (Å²) >= 11 is 0. The van der Waals surface area contributed by atoms with E-state index >= 15 is 0 Å². The summed E-state index contributed by atoms with van der Waals surface area (Å²) in [5.41, 5.74) is 5.36. The van der Waals surface area contributed by atoms with E-state index in [1.165, 1.54) is 27.7 Å². The first-order chi connectivity index (χ1) is 12.2. The fourth-order valence-corrected chi connectivity index (χ4v) is 4.06. The SMILES string of the molecule is Cn1c2c(c3ccccc31)CC(NC(=O)CCc1ccccc1)CC2. The largest absolute Gasteiger partial charge is 0.353 e. The number of amides is 1. The molecule has 0 radical (unpaired) electrons. The van der Waals surface area contributed by atoms with Gasteiger partial charge >= 0.3 is 0 Å². The van der Waals surface area contributed by atoms with Crippen LogP contribution in [0.5, 0.6) is 0 Å². The van der Waals surface area contributed by atoms with Gasteiger partial charge in [-0.1, -0.05) is 48.5 Å². The van der Waals surface area contributed by atoms with E-state index in [0.717, 1.165) is 25.7 Å². The predicted molar refractivity (Wildman–Crippen MR) is 102 cm³/mol. The van der Waals surface area contributed by atoms with Crippen LogP contribution in [-0.2, 0) is 31.1 Å². The van der Waals surface area contributed by atoms with Gasteiger partial charge in [-0.3, -0.25) is 4.79 Å². The molecule has 1 heterocycles. The van der Waals surface area contributed by atoms with Gasteiger partial charge in [-0.2, -0.15) is 0 Å². The molecule has 1 N–H and O–H groups in total. The molecule has 1 amide bonds. The molecule has 0 saturated carbocycles. The van der Waals surface area contributed by atoms with E-state index in [1.54, 1.807) is 0 Å². The zero-order valence-electron chi connectivity index (χ0n) is 14.7. The van der Waals surface area contributed by atoms with Gasteiger partial charge in [0, 0.05) is 36.1 Å². The molecule has 25 heavy (non-hydrogen) atoms. The van der Waals surface area contributed by atoms with Gasteiger partial charge in [0.05, 0.1) is 0 Å². The molecule has 0 saturated heterocycles. The third-order valence-electron chi connectivity index (χ3n) is 5.37. The molecule has 0 spiro atoms. The summed E-state index contributed by atoms with van der Waals surface area (Å²) in [5, 5.41) is 4.59. The molecular formula is C22H24N2O. The van der Waals surface area contributed by atoms with E-state index in [0.29, 0.717) is 6.42 Å². The van der Waals surface area contributed by atoms with Crippen molar-refractivity contribution in [1.29, 1.82) is 0 Å². The lowest BCUT2D eigenvalue weighted by Gasteiger charge is -2.24. The van der Waals surface area contributed by atoms with Crippen molar-refractivity contribution in [3.63, 3.8) is 0 Å². The molecule has 1 aliphatic rings.